The lowest BCUT2D eigenvalue weighted by Crippen LogP contribution is -2.46. The summed E-state index contributed by atoms with van der Waals surface area (Å²) in [4.78, 5) is 12.6. The molecule has 150 valence electrons. The van der Waals surface area contributed by atoms with Gasteiger partial charge in [-0.05, 0) is 60.5 Å². The van der Waals surface area contributed by atoms with Crippen LogP contribution in [-0.4, -0.2) is 18.0 Å². The van der Waals surface area contributed by atoms with Gasteiger partial charge in [-0.1, -0.05) is 29.8 Å². The van der Waals surface area contributed by atoms with Crippen molar-refractivity contribution < 1.29 is 14.3 Å². The number of halogens is 1. The molecule has 29 heavy (non-hydrogen) atoms. The Labute approximate surface area is 180 Å². The van der Waals surface area contributed by atoms with Gasteiger partial charge in [-0.15, -0.1) is 0 Å². The van der Waals surface area contributed by atoms with Crippen LogP contribution in [0.3, 0.4) is 0 Å². The van der Waals surface area contributed by atoms with Crippen molar-refractivity contribution in [3.05, 3.63) is 69.9 Å². The van der Waals surface area contributed by atoms with Gasteiger partial charge in [-0.25, -0.2) is 0 Å². The highest BCUT2D eigenvalue weighted by Crippen LogP contribution is 2.37. The van der Waals surface area contributed by atoms with Crippen LogP contribution in [0.4, 0.5) is 0 Å². The minimum Gasteiger partial charge on any atom is -0.493 e. The molecule has 5 nitrogen and oxygen atoms in total. The Balaban J connectivity index is 1.60. The van der Waals surface area contributed by atoms with E-state index in [0.29, 0.717) is 34.7 Å². The van der Waals surface area contributed by atoms with Gasteiger partial charge in [-0.2, -0.15) is 0 Å². The maximum absolute atomic E-state index is 12.6. The first-order valence-electron chi connectivity index (χ1n) is 9.44. The van der Waals surface area contributed by atoms with Gasteiger partial charge >= 0.3 is 0 Å². The molecule has 1 atom stereocenters. The second-order valence-electron chi connectivity index (χ2n) is 7.03. The van der Waals surface area contributed by atoms with Gasteiger partial charge in [0, 0.05) is 22.7 Å². The maximum atomic E-state index is 12.6. The number of nitrogens with one attached hydrogen (secondary N) is 2. The van der Waals surface area contributed by atoms with Crippen LogP contribution >= 0.6 is 23.8 Å². The molecular formula is C22H21ClN2O3S. The largest absolute Gasteiger partial charge is 0.493 e. The fourth-order valence-electron chi connectivity index (χ4n) is 3.73. The quantitative estimate of drug-likeness (QED) is 0.686. The van der Waals surface area contributed by atoms with Gasteiger partial charge in [0.25, 0.3) is 0 Å². The van der Waals surface area contributed by atoms with Crippen LogP contribution in [0.15, 0.2) is 53.7 Å². The minimum absolute atomic E-state index is 0.152. The number of methoxy groups -OCH3 is 1. The number of hydrogen-bond donors (Lipinski definition) is 2. The van der Waals surface area contributed by atoms with E-state index in [-0.39, 0.29) is 11.8 Å². The van der Waals surface area contributed by atoms with E-state index in [9.17, 15) is 4.79 Å². The predicted molar refractivity (Wildman–Crippen MR) is 116 cm³/mol. The van der Waals surface area contributed by atoms with Crippen molar-refractivity contribution in [3.63, 3.8) is 0 Å². The SMILES string of the molecule is COc1cc(C2NC(=S)NC3=C2C(=O)CCC3)ccc1OCc1cccc(Cl)c1. The monoisotopic (exact) mass is 428 g/mol. The molecule has 0 radical (unpaired) electrons. The first kappa shape index (κ1) is 19.7. The molecule has 1 unspecified atom stereocenters. The van der Waals surface area contributed by atoms with E-state index in [4.69, 9.17) is 33.3 Å². The summed E-state index contributed by atoms with van der Waals surface area (Å²) in [5.74, 6) is 1.37. The summed E-state index contributed by atoms with van der Waals surface area (Å²) in [5, 5.41) is 7.57. The van der Waals surface area contributed by atoms with Crippen LogP contribution in [0, 0.1) is 0 Å². The highest BCUT2D eigenvalue weighted by Gasteiger charge is 2.33. The molecule has 2 aromatic carbocycles. The Morgan fingerprint density at radius 1 is 1.17 bits per heavy atom. The Kier molecular flexibility index (Phi) is 5.74. The van der Waals surface area contributed by atoms with Crippen LogP contribution < -0.4 is 20.1 Å². The first-order chi connectivity index (χ1) is 14.0. The molecule has 2 aliphatic rings. The number of Topliss-reactive ketones (excluding diaryl/α,β-unsaturated/α-hetero) is 1. The molecule has 0 aromatic heterocycles. The lowest BCUT2D eigenvalue weighted by atomic mass is 9.85. The Morgan fingerprint density at radius 3 is 2.83 bits per heavy atom. The molecule has 1 aliphatic carbocycles. The van der Waals surface area contributed by atoms with Crippen LogP contribution in [0.25, 0.3) is 0 Å². The van der Waals surface area contributed by atoms with Crippen molar-refractivity contribution in [1.29, 1.82) is 0 Å². The van der Waals surface area contributed by atoms with Gasteiger partial charge < -0.3 is 20.1 Å². The molecule has 0 fully saturated rings. The van der Waals surface area contributed by atoms with Crippen molar-refractivity contribution in [2.24, 2.45) is 0 Å². The number of rotatable bonds is 5. The number of ether oxygens (including phenoxy) is 2. The Morgan fingerprint density at radius 2 is 2.03 bits per heavy atom. The summed E-state index contributed by atoms with van der Waals surface area (Å²) in [5.41, 5.74) is 3.56. The number of carbonyl (C=O) groups excluding carboxylic acids is 1. The topological polar surface area (TPSA) is 59.6 Å². The molecule has 0 bridgehead atoms. The highest BCUT2D eigenvalue weighted by atomic mass is 35.5. The number of hydrogen-bond acceptors (Lipinski definition) is 4. The summed E-state index contributed by atoms with van der Waals surface area (Å²) >= 11 is 11.4. The normalized spacial score (nSPS) is 18.6. The van der Waals surface area contributed by atoms with Gasteiger partial charge in [-0.3, -0.25) is 4.79 Å². The van der Waals surface area contributed by atoms with Crippen molar-refractivity contribution >= 4 is 34.7 Å². The molecular weight excluding hydrogens is 408 g/mol. The molecule has 1 aliphatic heterocycles. The molecule has 0 saturated carbocycles. The number of ketones is 1. The Bertz CT molecular complexity index is 1010. The maximum Gasteiger partial charge on any atom is 0.171 e. The average Bonchev–Trinajstić information content (AvgIpc) is 2.71. The van der Waals surface area contributed by atoms with Crippen molar-refractivity contribution in [3.8, 4) is 11.5 Å². The summed E-state index contributed by atoms with van der Waals surface area (Å²) in [6, 6.07) is 12.9. The lowest BCUT2D eigenvalue weighted by molar-refractivity contribution is -0.116. The number of thiocarbonyl (C=S) groups is 1. The van der Waals surface area contributed by atoms with Crippen LogP contribution in [-0.2, 0) is 11.4 Å². The van der Waals surface area contributed by atoms with E-state index in [1.165, 1.54) is 0 Å². The van der Waals surface area contributed by atoms with Crippen molar-refractivity contribution in [2.45, 2.75) is 31.9 Å². The molecule has 0 amide bonds. The second kappa shape index (κ2) is 8.43. The molecule has 7 heteroatoms. The molecule has 0 saturated heterocycles. The van der Waals surface area contributed by atoms with E-state index in [2.05, 4.69) is 10.6 Å². The summed E-state index contributed by atoms with van der Waals surface area (Å²) in [7, 11) is 1.60. The number of carbonyl (C=O) groups is 1. The van der Waals surface area contributed by atoms with Gasteiger partial charge in [0.05, 0.1) is 13.2 Å². The zero-order valence-electron chi connectivity index (χ0n) is 16.0. The first-order valence-corrected chi connectivity index (χ1v) is 10.2. The number of allylic oxidation sites excluding steroid dienone is 1. The van der Waals surface area contributed by atoms with Crippen LogP contribution in [0.2, 0.25) is 5.02 Å². The van der Waals surface area contributed by atoms with Gasteiger partial charge in [0.1, 0.15) is 6.61 Å². The van der Waals surface area contributed by atoms with E-state index in [0.717, 1.165) is 35.2 Å². The van der Waals surface area contributed by atoms with E-state index in [1.807, 2.05) is 42.5 Å². The molecule has 1 heterocycles. The van der Waals surface area contributed by atoms with Crippen molar-refractivity contribution in [2.75, 3.05) is 7.11 Å². The zero-order chi connectivity index (χ0) is 20.4. The van der Waals surface area contributed by atoms with Crippen molar-refractivity contribution in [1.82, 2.24) is 10.6 Å². The molecule has 0 spiro atoms. The zero-order valence-corrected chi connectivity index (χ0v) is 17.5. The van der Waals surface area contributed by atoms with Crippen LogP contribution in [0.5, 0.6) is 11.5 Å². The predicted octanol–water partition coefficient (Wildman–Crippen LogP) is 4.45. The van der Waals surface area contributed by atoms with Gasteiger partial charge in [0.2, 0.25) is 0 Å². The van der Waals surface area contributed by atoms with Crippen LogP contribution in [0.1, 0.15) is 36.4 Å². The lowest BCUT2D eigenvalue weighted by Gasteiger charge is -2.34. The third-order valence-corrected chi connectivity index (χ3v) is 5.54. The van der Waals surface area contributed by atoms with E-state index < -0.39 is 0 Å². The van der Waals surface area contributed by atoms with Gasteiger partial charge in [0.15, 0.2) is 22.4 Å². The third kappa shape index (κ3) is 4.23. The molecule has 2 aromatic rings. The minimum atomic E-state index is -0.289. The van der Waals surface area contributed by atoms with E-state index in [1.54, 1.807) is 7.11 Å². The summed E-state index contributed by atoms with van der Waals surface area (Å²) in [6.45, 7) is 0.375. The summed E-state index contributed by atoms with van der Waals surface area (Å²) in [6.07, 6.45) is 2.24. The fraction of sp³-hybridized carbons (Fsp3) is 0.273. The molecule has 4 rings (SSSR count). The summed E-state index contributed by atoms with van der Waals surface area (Å²) < 4.78 is 11.5. The fourth-order valence-corrected chi connectivity index (χ4v) is 4.18. The number of benzene rings is 2. The molecule has 2 N–H and O–H groups in total. The smallest absolute Gasteiger partial charge is 0.171 e. The highest BCUT2D eigenvalue weighted by molar-refractivity contribution is 7.80. The second-order valence-corrected chi connectivity index (χ2v) is 7.87. The average molecular weight is 429 g/mol. The Hall–Kier alpha value is -2.57. The standard InChI is InChI=1S/C22H21ClN2O3S/c1-27-19-11-14(8-9-18(19)28-12-13-4-2-5-15(23)10-13)21-20-16(24-22(29)25-21)6-3-7-17(20)26/h2,4-5,8-11,21H,3,6-7,12H2,1H3,(H2,24,25,29). The third-order valence-electron chi connectivity index (χ3n) is 5.09. The van der Waals surface area contributed by atoms with E-state index >= 15 is 0 Å².